The molecule has 8 heteroatoms. The molecule has 5 rings (SSSR count). The number of carbonyl (C=O) groups is 1. The van der Waals surface area contributed by atoms with E-state index in [-0.39, 0.29) is 6.03 Å². The predicted octanol–water partition coefficient (Wildman–Crippen LogP) is 5.85. The molecule has 1 N–H and O–H groups in total. The molecule has 1 heterocycles. The first-order valence-corrected chi connectivity index (χ1v) is 13.3. The zero-order valence-electron chi connectivity index (χ0n) is 22.7. The summed E-state index contributed by atoms with van der Waals surface area (Å²) in [5, 5.41) is 3.37. The first kappa shape index (κ1) is 26.9. The van der Waals surface area contributed by atoms with Crippen LogP contribution < -0.4 is 14.8 Å². The molecule has 0 radical (unpaired) electrons. The molecule has 1 saturated carbocycles. The van der Waals surface area contributed by atoms with Crippen molar-refractivity contribution in [3.63, 3.8) is 0 Å². The first-order chi connectivity index (χ1) is 18.8. The molecule has 0 bridgehead atoms. The number of rotatable bonds is 8. The number of carbonyl (C=O) groups excluding carboxylic acids is 1. The Morgan fingerprint density at radius 2 is 1.31 bits per heavy atom. The third kappa shape index (κ3) is 5.30. The predicted molar refractivity (Wildman–Crippen MR) is 146 cm³/mol. The molecule has 1 aliphatic heterocycles. The summed E-state index contributed by atoms with van der Waals surface area (Å²) in [6.45, 7) is 1.56. The molecule has 39 heavy (non-hydrogen) atoms. The van der Waals surface area contributed by atoms with E-state index in [1.54, 1.807) is 14.2 Å². The molecule has 0 unspecified atom stereocenters. The van der Waals surface area contributed by atoms with Crippen molar-refractivity contribution in [3.05, 3.63) is 95.1 Å². The number of hydrogen-bond acceptors (Lipinski definition) is 4. The Labute approximate surface area is 228 Å². The van der Waals surface area contributed by atoms with Gasteiger partial charge in [0.25, 0.3) is 0 Å². The van der Waals surface area contributed by atoms with Crippen LogP contribution in [-0.4, -0.2) is 49.2 Å². The van der Waals surface area contributed by atoms with Gasteiger partial charge in [0.05, 0.1) is 19.8 Å². The number of nitrogens with one attached hydrogen (secondary N) is 1. The van der Waals surface area contributed by atoms with Crippen molar-refractivity contribution in [3.8, 4) is 11.5 Å². The highest BCUT2D eigenvalue weighted by molar-refractivity contribution is 5.78. The van der Waals surface area contributed by atoms with Gasteiger partial charge in [-0.2, -0.15) is 0 Å². The summed E-state index contributed by atoms with van der Waals surface area (Å²) in [6, 6.07) is 19.3. The van der Waals surface area contributed by atoms with Crippen LogP contribution in [0.15, 0.2) is 66.7 Å². The number of ether oxygens (including phenoxy) is 2. The van der Waals surface area contributed by atoms with E-state index in [0.717, 1.165) is 28.7 Å². The van der Waals surface area contributed by atoms with E-state index >= 15 is 0 Å². The molecule has 0 atom stereocenters. The first-order valence-electron chi connectivity index (χ1n) is 13.3. The average Bonchev–Trinajstić information content (AvgIpc) is 3.19. The maximum Gasteiger partial charge on any atom is 0.321 e. The van der Waals surface area contributed by atoms with Crippen molar-refractivity contribution in [2.24, 2.45) is 0 Å². The lowest BCUT2D eigenvalue weighted by Gasteiger charge is -2.48. The Kier molecular flexibility index (Phi) is 7.49. The molecule has 206 valence electrons. The summed E-state index contributed by atoms with van der Waals surface area (Å²) in [5.41, 5.74) is 1.70. The van der Waals surface area contributed by atoms with Crippen molar-refractivity contribution < 1.29 is 23.0 Å². The zero-order valence-corrected chi connectivity index (χ0v) is 22.7. The number of halogens is 2. The van der Waals surface area contributed by atoms with Gasteiger partial charge in [-0.05, 0) is 85.8 Å². The van der Waals surface area contributed by atoms with Gasteiger partial charge >= 0.3 is 6.03 Å². The number of amides is 2. The van der Waals surface area contributed by atoms with Gasteiger partial charge in [0.1, 0.15) is 23.1 Å². The third-order valence-corrected chi connectivity index (χ3v) is 8.52. The van der Waals surface area contributed by atoms with Crippen molar-refractivity contribution in [1.82, 2.24) is 15.1 Å². The molecule has 3 aromatic rings. The maximum absolute atomic E-state index is 14.2. The van der Waals surface area contributed by atoms with Crippen LogP contribution in [0.5, 0.6) is 11.5 Å². The SMILES string of the molecule is CNC1(c2cc(F)cc(F)c2)CCC2(CC1)CN(Cc1ccc(OC)cc1)C(=O)N2Cc1ccc(OC)cc1. The largest absolute Gasteiger partial charge is 0.497 e. The summed E-state index contributed by atoms with van der Waals surface area (Å²) in [4.78, 5) is 17.8. The van der Waals surface area contributed by atoms with Crippen LogP contribution in [0.2, 0.25) is 0 Å². The van der Waals surface area contributed by atoms with E-state index in [4.69, 9.17) is 9.47 Å². The van der Waals surface area contributed by atoms with Gasteiger partial charge in [0.15, 0.2) is 0 Å². The van der Waals surface area contributed by atoms with Crippen LogP contribution in [0.4, 0.5) is 13.6 Å². The van der Waals surface area contributed by atoms with Crippen LogP contribution in [0.1, 0.15) is 42.4 Å². The van der Waals surface area contributed by atoms with Crippen LogP contribution in [0.25, 0.3) is 0 Å². The number of urea groups is 1. The van der Waals surface area contributed by atoms with E-state index in [1.165, 1.54) is 12.1 Å². The molecule has 3 aromatic carbocycles. The minimum Gasteiger partial charge on any atom is -0.497 e. The second kappa shape index (κ2) is 10.8. The quantitative estimate of drug-likeness (QED) is 0.393. The highest BCUT2D eigenvalue weighted by atomic mass is 19.1. The third-order valence-electron chi connectivity index (χ3n) is 8.52. The Bertz CT molecular complexity index is 1290. The Morgan fingerprint density at radius 3 is 1.79 bits per heavy atom. The summed E-state index contributed by atoms with van der Waals surface area (Å²) in [7, 11) is 5.10. The van der Waals surface area contributed by atoms with E-state index in [1.807, 2.05) is 65.4 Å². The standard InChI is InChI=1S/C31H35F2N3O3/c1-34-31(24-16-25(32)18-26(33)17-24)14-12-30(13-15-31)21-35(19-22-4-8-27(38-2)9-5-22)29(37)36(30)20-23-6-10-28(39-3)11-7-23/h4-11,16-18,34H,12-15,19-21H2,1-3H3. The topological polar surface area (TPSA) is 54.0 Å². The second-order valence-corrected chi connectivity index (χ2v) is 10.6. The summed E-state index contributed by atoms with van der Waals surface area (Å²) in [6.07, 6.45) is 2.70. The lowest BCUT2D eigenvalue weighted by atomic mass is 9.69. The van der Waals surface area contributed by atoms with Crippen LogP contribution in [0.3, 0.4) is 0 Å². The maximum atomic E-state index is 14.2. The van der Waals surface area contributed by atoms with E-state index in [2.05, 4.69) is 5.32 Å². The monoisotopic (exact) mass is 535 g/mol. The van der Waals surface area contributed by atoms with Gasteiger partial charge in [0.2, 0.25) is 0 Å². The van der Waals surface area contributed by atoms with E-state index in [0.29, 0.717) is 50.9 Å². The van der Waals surface area contributed by atoms with Crippen LogP contribution >= 0.6 is 0 Å². The van der Waals surface area contributed by atoms with Gasteiger partial charge in [0, 0.05) is 31.2 Å². The van der Waals surface area contributed by atoms with E-state index < -0.39 is 22.7 Å². The molecular formula is C31H35F2N3O3. The average molecular weight is 536 g/mol. The normalized spacial score (nSPS) is 22.9. The van der Waals surface area contributed by atoms with E-state index in [9.17, 15) is 13.6 Å². The van der Waals surface area contributed by atoms with Gasteiger partial charge in [-0.3, -0.25) is 0 Å². The molecule has 1 spiro atoms. The fourth-order valence-corrected chi connectivity index (χ4v) is 6.19. The molecule has 1 aliphatic carbocycles. The van der Waals surface area contributed by atoms with Crippen molar-refractivity contribution in [1.29, 1.82) is 0 Å². The number of methoxy groups -OCH3 is 2. The zero-order chi connectivity index (χ0) is 27.6. The van der Waals surface area contributed by atoms with Crippen molar-refractivity contribution in [2.45, 2.75) is 49.9 Å². The smallest absolute Gasteiger partial charge is 0.321 e. The Balaban J connectivity index is 1.43. The highest BCUT2D eigenvalue weighted by Crippen LogP contribution is 2.47. The Morgan fingerprint density at radius 1 is 0.795 bits per heavy atom. The van der Waals surface area contributed by atoms with Gasteiger partial charge in [-0.1, -0.05) is 24.3 Å². The number of hydrogen-bond donors (Lipinski definition) is 1. The summed E-state index contributed by atoms with van der Waals surface area (Å²) in [5.74, 6) is 0.375. The molecule has 2 fully saturated rings. The van der Waals surface area contributed by atoms with Gasteiger partial charge in [-0.15, -0.1) is 0 Å². The lowest BCUT2D eigenvalue weighted by Crippen LogP contribution is -2.55. The van der Waals surface area contributed by atoms with Gasteiger partial charge < -0.3 is 24.6 Å². The molecule has 2 aliphatic rings. The molecule has 1 saturated heterocycles. The molecule has 2 amide bonds. The second-order valence-electron chi connectivity index (χ2n) is 10.6. The Hall–Kier alpha value is -3.65. The van der Waals surface area contributed by atoms with Crippen LogP contribution in [0, 0.1) is 11.6 Å². The lowest BCUT2D eigenvalue weighted by molar-refractivity contribution is 0.0730. The fraction of sp³-hybridized carbons (Fsp3) is 0.387. The highest BCUT2D eigenvalue weighted by Gasteiger charge is 2.53. The van der Waals surface area contributed by atoms with Gasteiger partial charge in [-0.25, -0.2) is 13.6 Å². The summed E-state index contributed by atoms with van der Waals surface area (Å²) >= 11 is 0. The minimum absolute atomic E-state index is 0.00427. The minimum atomic E-state index is -0.581. The number of benzene rings is 3. The number of nitrogens with zero attached hydrogens (tertiary/aromatic N) is 2. The van der Waals surface area contributed by atoms with Crippen molar-refractivity contribution >= 4 is 6.03 Å². The van der Waals surface area contributed by atoms with Crippen LogP contribution in [-0.2, 0) is 18.6 Å². The fourth-order valence-electron chi connectivity index (χ4n) is 6.19. The molecular weight excluding hydrogens is 500 g/mol. The summed E-state index contributed by atoms with van der Waals surface area (Å²) < 4.78 is 38.9. The molecule has 0 aromatic heterocycles. The molecule has 6 nitrogen and oxygen atoms in total. The van der Waals surface area contributed by atoms with Crippen molar-refractivity contribution in [2.75, 3.05) is 27.8 Å².